The maximum Gasteiger partial charge on any atom is 0.366 e. The summed E-state index contributed by atoms with van der Waals surface area (Å²) in [5, 5.41) is 51.5. The number of hydrogen-bond acceptors (Lipinski definition) is 9. The molecule has 1 heterocycles. The lowest BCUT2D eigenvalue weighted by atomic mass is 9.88. The molecule has 0 radical (unpaired) electrons. The van der Waals surface area contributed by atoms with Crippen LogP contribution in [0.1, 0.15) is 26.7 Å². The Morgan fingerprint density at radius 3 is 2.54 bits per heavy atom. The van der Waals surface area contributed by atoms with Crippen LogP contribution in [0.4, 0.5) is 0 Å². The van der Waals surface area contributed by atoms with Gasteiger partial charge in [-0.15, -0.1) is 0 Å². The summed E-state index contributed by atoms with van der Waals surface area (Å²) in [5.74, 6) is -4.26. The third-order valence-electron chi connectivity index (χ3n) is 3.63. The molecule has 0 aromatic carbocycles. The highest BCUT2D eigenvalue weighted by atomic mass is 16.7. The standard InChI is InChI=1S/C14H25NO9/c1-3-4-23-13(21)14(22)5-8(18)10(15-7(2)17)12(24-14)11(20)9(19)6-16/h8-12,16,18-20,22H,3-6H2,1-2H3,(H,15,17)/t8-,9+,10+,11+,12+,14?/m0/s1. The van der Waals surface area contributed by atoms with Crippen molar-refractivity contribution in [2.75, 3.05) is 13.2 Å². The fraction of sp³-hybridized carbons (Fsp3) is 0.857. The van der Waals surface area contributed by atoms with E-state index < -0.39 is 61.1 Å². The molecule has 0 aromatic rings. The van der Waals surface area contributed by atoms with Gasteiger partial charge in [0.05, 0.1) is 25.4 Å². The number of aliphatic hydroxyl groups is 5. The van der Waals surface area contributed by atoms with Gasteiger partial charge < -0.3 is 40.3 Å². The maximum absolute atomic E-state index is 12.0. The summed E-state index contributed by atoms with van der Waals surface area (Å²) in [6.45, 7) is 2.09. The second-order valence-corrected chi connectivity index (χ2v) is 5.74. The van der Waals surface area contributed by atoms with Crippen LogP contribution < -0.4 is 5.32 Å². The van der Waals surface area contributed by atoms with Gasteiger partial charge in [0, 0.05) is 13.3 Å². The fourth-order valence-electron chi connectivity index (χ4n) is 2.44. The van der Waals surface area contributed by atoms with Gasteiger partial charge in [0.2, 0.25) is 5.91 Å². The average Bonchev–Trinajstić information content (AvgIpc) is 2.53. The first-order valence-electron chi connectivity index (χ1n) is 7.65. The second kappa shape index (κ2) is 8.70. The number of ether oxygens (including phenoxy) is 2. The number of amides is 1. The summed E-state index contributed by atoms with van der Waals surface area (Å²) in [5.41, 5.74) is 0. The Bertz CT molecular complexity index is 446. The number of esters is 1. The van der Waals surface area contributed by atoms with Gasteiger partial charge in [-0.05, 0) is 6.42 Å². The molecular weight excluding hydrogens is 326 g/mol. The van der Waals surface area contributed by atoms with Crippen LogP contribution in [-0.2, 0) is 19.1 Å². The van der Waals surface area contributed by atoms with Gasteiger partial charge in [-0.1, -0.05) is 6.92 Å². The third-order valence-corrected chi connectivity index (χ3v) is 3.63. The highest BCUT2D eigenvalue weighted by Gasteiger charge is 2.54. The van der Waals surface area contributed by atoms with Gasteiger partial charge in [0.15, 0.2) is 0 Å². The zero-order valence-electron chi connectivity index (χ0n) is 13.6. The molecule has 1 aliphatic rings. The van der Waals surface area contributed by atoms with E-state index in [1.807, 2.05) is 0 Å². The summed E-state index contributed by atoms with van der Waals surface area (Å²) in [7, 11) is 0. The lowest BCUT2D eigenvalue weighted by molar-refractivity contribution is -0.297. The van der Waals surface area contributed by atoms with E-state index in [2.05, 4.69) is 5.32 Å². The van der Waals surface area contributed by atoms with Crippen LogP contribution in [0, 0.1) is 0 Å². The molecule has 1 rings (SSSR count). The third kappa shape index (κ3) is 4.85. The summed E-state index contributed by atoms with van der Waals surface area (Å²) in [6, 6.07) is -1.21. The minimum absolute atomic E-state index is 0.0161. The molecule has 0 aliphatic carbocycles. The predicted molar refractivity (Wildman–Crippen MR) is 78.4 cm³/mol. The van der Waals surface area contributed by atoms with Crippen molar-refractivity contribution in [3.63, 3.8) is 0 Å². The molecule has 140 valence electrons. The molecule has 0 aromatic heterocycles. The normalized spacial score (nSPS) is 32.7. The zero-order valence-corrected chi connectivity index (χ0v) is 13.6. The quantitative estimate of drug-likeness (QED) is 0.262. The molecule has 6 N–H and O–H groups in total. The first-order valence-corrected chi connectivity index (χ1v) is 7.65. The molecule has 0 bridgehead atoms. The van der Waals surface area contributed by atoms with Crippen molar-refractivity contribution in [2.45, 2.75) is 62.9 Å². The molecule has 1 fully saturated rings. The van der Waals surface area contributed by atoms with Crippen LogP contribution in [0.2, 0.25) is 0 Å². The first-order chi connectivity index (χ1) is 11.2. The van der Waals surface area contributed by atoms with Gasteiger partial charge in [-0.2, -0.15) is 0 Å². The smallest absolute Gasteiger partial charge is 0.366 e. The number of aliphatic hydroxyl groups excluding tert-OH is 4. The molecule has 0 saturated carbocycles. The lowest BCUT2D eigenvalue weighted by Gasteiger charge is -2.45. The summed E-state index contributed by atoms with van der Waals surface area (Å²) < 4.78 is 9.99. The molecule has 10 heteroatoms. The van der Waals surface area contributed by atoms with E-state index in [4.69, 9.17) is 14.6 Å². The zero-order chi connectivity index (χ0) is 18.5. The van der Waals surface area contributed by atoms with Crippen LogP contribution in [0.3, 0.4) is 0 Å². The second-order valence-electron chi connectivity index (χ2n) is 5.74. The number of carbonyl (C=O) groups is 2. The SMILES string of the molecule is CCCOC(=O)C1(O)C[C@H](O)[C@@H](NC(C)=O)[C@H]([C@H](O)[C@H](O)CO)O1. The Morgan fingerprint density at radius 2 is 2.04 bits per heavy atom. The Labute approximate surface area is 139 Å². The van der Waals surface area contributed by atoms with Crippen molar-refractivity contribution >= 4 is 11.9 Å². The van der Waals surface area contributed by atoms with Gasteiger partial charge in [-0.25, -0.2) is 4.79 Å². The van der Waals surface area contributed by atoms with E-state index in [-0.39, 0.29) is 6.61 Å². The van der Waals surface area contributed by atoms with Crippen molar-refractivity contribution < 1.29 is 44.6 Å². The molecule has 1 aliphatic heterocycles. The minimum Gasteiger partial charge on any atom is -0.462 e. The maximum atomic E-state index is 12.0. The van der Waals surface area contributed by atoms with Crippen molar-refractivity contribution in [2.24, 2.45) is 0 Å². The molecule has 6 atom stereocenters. The lowest BCUT2D eigenvalue weighted by Crippen LogP contribution is -2.67. The summed E-state index contributed by atoms with van der Waals surface area (Å²) >= 11 is 0. The van der Waals surface area contributed by atoms with Crippen molar-refractivity contribution in [3.05, 3.63) is 0 Å². The predicted octanol–water partition coefficient (Wildman–Crippen LogP) is -3.00. The largest absolute Gasteiger partial charge is 0.462 e. The molecule has 10 nitrogen and oxygen atoms in total. The topological polar surface area (TPSA) is 166 Å². The van der Waals surface area contributed by atoms with E-state index in [1.54, 1.807) is 6.92 Å². The van der Waals surface area contributed by atoms with E-state index in [9.17, 15) is 30.0 Å². The summed E-state index contributed by atoms with van der Waals surface area (Å²) in [4.78, 5) is 23.2. The number of carbonyl (C=O) groups excluding carboxylic acids is 2. The van der Waals surface area contributed by atoms with E-state index in [1.165, 1.54) is 0 Å². The van der Waals surface area contributed by atoms with Gasteiger partial charge in [0.25, 0.3) is 5.79 Å². The van der Waals surface area contributed by atoms with Crippen LogP contribution in [-0.4, -0.2) is 86.9 Å². The minimum atomic E-state index is -2.55. The van der Waals surface area contributed by atoms with Gasteiger partial charge in [0.1, 0.15) is 18.3 Å². The Kier molecular flexibility index (Phi) is 7.52. The van der Waals surface area contributed by atoms with Gasteiger partial charge in [-0.3, -0.25) is 4.79 Å². The number of hydrogen-bond donors (Lipinski definition) is 6. The van der Waals surface area contributed by atoms with Crippen LogP contribution in [0.5, 0.6) is 0 Å². The van der Waals surface area contributed by atoms with Gasteiger partial charge >= 0.3 is 5.97 Å². The first kappa shape index (κ1) is 20.7. The number of rotatable bonds is 7. The van der Waals surface area contributed by atoms with E-state index >= 15 is 0 Å². The van der Waals surface area contributed by atoms with Crippen molar-refractivity contribution in [1.82, 2.24) is 5.32 Å². The monoisotopic (exact) mass is 351 g/mol. The average molecular weight is 351 g/mol. The van der Waals surface area contributed by atoms with E-state index in [0.29, 0.717) is 6.42 Å². The highest BCUT2D eigenvalue weighted by molar-refractivity contribution is 5.78. The summed E-state index contributed by atoms with van der Waals surface area (Å²) in [6.07, 6.45) is -6.58. The molecule has 1 unspecified atom stereocenters. The van der Waals surface area contributed by atoms with Crippen LogP contribution in [0.15, 0.2) is 0 Å². The van der Waals surface area contributed by atoms with Crippen LogP contribution >= 0.6 is 0 Å². The van der Waals surface area contributed by atoms with Crippen molar-refractivity contribution in [3.8, 4) is 0 Å². The molecule has 24 heavy (non-hydrogen) atoms. The Morgan fingerprint density at radius 1 is 1.42 bits per heavy atom. The molecular formula is C14H25NO9. The molecule has 0 spiro atoms. The number of nitrogens with one attached hydrogen (secondary N) is 1. The molecule has 1 amide bonds. The molecule has 1 saturated heterocycles. The fourth-order valence-corrected chi connectivity index (χ4v) is 2.44. The van der Waals surface area contributed by atoms with E-state index in [0.717, 1.165) is 6.92 Å². The Hall–Kier alpha value is -1.30. The Balaban J connectivity index is 3.05. The van der Waals surface area contributed by atoms with Crippen molar-refractivity contribution in [1.29, 1.82) is 0 Å². The highest BCUT2D eigenvalue weighted by Crippen LogP contribution is 2.31. The van der Waals surface area contributed by atoms with Crippen LogP contribution in [0.25, 0.3) is 0 Å².